The standard InChI is InChI=1S/C9H16N2/c1-9(2)6-3-4-8(11-10)7(9)5-6/h6-7H,3-5,10H2,1-2H3/t6-,7-/m0/s1. The van der Waals surface area contributed by atoms with Crippen LogP contribution in [0.4, 0.5) is 0 Å². The van der Waals surface area contributed by atoms with E-state index in [0.29, 0.717) is 11.3 Å². The second-order valence-electron chi connectivity index (χ2n) is 4.47. The molecule has 3 aliphatic carbocycles. The molecule has 2 N–H and O–H groups in total. The number of hydrogen-bond donors (Lipinski definition) is 1. The summed E-state index contributed by atoms with van der Waals surface area (Å²) in [4.78, 5) is 0. The molecular formula is C9H16N2. The lowest BCUT2D eigenvalue weighted by Gasteiger charge is -2.56. The predicted octanol–water partition coefficient (Wildman–Crippen LogP) is 1.76. The Balaban J connectivity index is 2.23. The first kappa shape index (κ1) is 7.14. The summed E-state index contributed by atoms with van der Waals surface area (Å²) in [7, 11) is 0. The van der Waals surface area contributed by atoms with Crippen molar-refractivity contribution >= 4 is 5.71 Å². The minimum absolute atomic E-state index is 0.496. The Morgan fingerprint density at radius 2 is 2.27 bits per heavy atom. The van der Waals surface area contributed by atoms with Crippen molar-refractivity contribution in [3.05, 3.63) is 0 Å². The van der Waals surface area contributed by atoms with Gasteiger partial charge in [-0.2, -0.15) is 5.10 Å². The molecule has 0 aliphatic heterocycles. The van der Waals surface area contributed by atoms with Crippen LogP contribution in [0.15, 0.2) is 5.10 Å². The molecular weight excluding hydrogens is 136 g/mol. The topological polar surface area (TPSA) is 38.4 Å². The molecule has 3 fully saturated rings. The first-order valence-corrected chi connectivity index (χ1v) is 4.43. The van der Waals surface area contributed by atoms with Gasteiger partial charge in [0.05, 0.1) is 0 Å². The van der Waals surface area contributed by atoms with Gasteiger partial charge in [0.15, 0.2) is 0 Å². The Morgan fingerprint density at radius 3 is 2.64 bits per heavy atom. The van der Waals surface area contributed by atoms with E-state index in [4.69, 9.17) is 5.84 Å². The molecule has 2 nitrogen and oxygen atoms in total. The number of nitrogens with two attached hydrogens (primary N) is 1. The van der Waals surface area contributed by atoms with Crippen molar-refractivity contribution < 1.29 is 0 Å². The molecule has 2 atom stereocenters. The fraction of sp³-hybridized carbons (Fsp3) is 0.889. The van der Waals surface area contributed by atoms with Gasteiger partial charge >= 0.3 is 0 Å². The van der Waals surface area contributed by atoms with Gasteiger partial charge in [0.1, 0.15) is 0 Å². The van der Waals surface area contributed by atoms with E-state index in [1.165, 1.54) is 18.6 Å². The summed E-state index contributed by atoms with van der Waals surface area (Å²) in [6, 6.07) is 0. The third-order valence-electron chi connectivity index (χ3n) is 3.79. The normalized spacial score (nSPS) is 43.6. The fourth-order valence-corrected chi connectivity index (χ4v) is 2.72. The Hall–Kier alpha value is -0.530. The van der Waals surface area contributed by atoms with Crippen molar-refractivity contribution in [1.82, 2.24) is 0 Å². The van der Waals surface area contributed by atoms with E-state index < -0.39 is 0 Å². The molecule has 0 amide bonds. The van der Waals surface area contributed by atoms with Crippen LogP contribution in [-0.2, 0) is 0 Å². The molecule has 11 heavy (non-hydrogen) atoms. The van der Waals surface area contributed by atoms with Crippen LogP contribution in [0.5, 0.6) is 0 Å². The maximum absolute atomic E-state index is 5.33. The van der Waals surface area contributed by atoms with Crippen molar-refractivity contribution in [1.29, 1.82) is 0 Å². The van der Waals surface area contributed by atoms with Crippen LogP contribution >= 0.6 is 0 Å². The molecule has 3 rings (SSSR count). The zero-order chi connectivity index (χ0) is 8.06. The number of hydrazone groups is 1. The Kier molecular flexibility index (Phi) is 1.29. The molecule has 0 radical (unpaired) electrons. The first-order chi connectivity index (χ1) is 5.16. The van der Waals surface area contributed by atoms with Gasteiger partial charge in [0.25, 0.3) is 0 Å². The third kappa shape index (κ3) is 0.754. The summed E-state index contributed by atoms with van der Waals surface area (Å²) < 4.78 is 0. The van der Waals surface area contributed by atoms with Gasteiger partial charge < -0.3 is 5.84 Å². The monoisotopic (exact) mass is 152 g/mol. The highest BCUT2D eigenvalue weighted by atomic mass is 15.1. The first-order valence-electron chi connectivity index (χ1n) is 4.43. The van der Waals surface area contributed by atoms with E-state index in [-0.39, 0.29) is 0 Å². The average molecular weight is 152 g/mol. The van der Waals surface area contributed by atoms with E-state index in [0.717, 1.165) is 12.3 Å². The zero-order valence-electron chi connectivity index (χ0n) is 7.30. The van der Waals surface area contributed by atoms with Gasteiger partial charge in [-0.1, -0.05) is 13.8 Å². The largest absolute Gasteiger partial charge is 0.323 e. The molecule has 0 aromatic rings. The molecule has 3 aliphatic rings. The number of rotatable bonds is 0. The average Bonchev–Trinajstić information content (AvgIpc) is 2.04. The van der Waals surface area contributed by atoms with Crippen LogP contribution in [0.2, 0.25) is 0 Å². The van der Waals surface area contributed by atoms with Crippen LogP contribution in [0, 0.1) is 17.3 Å². The van der Waals surface area contributed by atoms with E-state index in [1.54, 1.807) is 0 Å². The van der Waals surface area contributed by atoms with Gasteiger partial charge in [-0.05, 0) is 30.6 Å². The molecule has 0 spiro atoms. The predicted molar refractivity (Wildman–Crippen MR) is 46.2 cm³/mol. The molecule has 0 aromatic heterocycles. The zero-order valence-corrected chi connectivity index (χ0v) is 7.30. The summed E-state index contributed by atoms with van der Waals surface area (Å²) in [5.74, 6) is 6.97. The molecule has 0 aromatic carbocycles. The van der Waals surface area contributed by atoms with Crippen LogP contribution in [0.1, 0.15) is 33.1 Å². The Morgan fingerprint density at radius 1 is 1.55 bits per heavy atom. The fourth-order valence-electron chi connectivity index (χ4n) is 2.72. The summed E-state index contributed by atoms with van der Waals surface area (Å²) in [6.45, 7) is 4.69. The highest BCUT2D eigenvalue weighted by molar-refractivity contribution is 5.89. The number of nitrogens with zero attached hydrogens (tertiary/aromatic N) is 1. The molecule has 62 valence electrons. The molecule has 2 heteroatoms. The summed E-state index contributed by atoms with van der Waals surface area (Å²) in [5.41, 5.74) is 1.76. The number of hydrogen-bond acceptors (Lipinski definition) is 2. The number of fused-ring (bicyclic) bond motifs is 2. The lowest BCUT2D eigenvalue weighted by molar-refractivity contribution is 0.00132. The smallest absolute Gasteiger partial charge is 0.0412 e. The van der Waals surface area contributed by atoms with Crippen molar-refractivity contribution in [2.45, 2.75) is 33.1 Å². The maximum atomic E-state index is 5.33. The van der Waals surface area contributed by atoms with Gasteiger partial charge in [-0.15, -0.1) is 0 Å². The highest BCUT2D eigenvalue weighted by Crippen LogP contribution is 2.57. The second-order valence-corrected chi connectivity index (χ2v) is 4.47. The van der Waals surface area contributed by atoms with Gasteiger partial charge in [-0.3, -0.25) is 0 Å². The van der Waals surface area contributed by atoms with E-state index in [1.807, 2.05) is 0 Å². The van der Waals surface area contributed by atoms with Crippen molar-refractivity contribution in [2.75, 3.05) is 0 Å². The highest BCUT2D eigenvalue weighted by Gasteiger charge is 2.52. The van der Waals surface area contributed by atoms with Crippen molar-refractivity contribution in [3.8, 4) is 0 Å². The summed E-state index contributed by atoms with van der Waals surface area (Å²) in [5, 5.41) is 3.88. The molecule has 0 heterocycles. The summed E-state index contributed by atoms with van der Waals surface area (Å²) in [6.07, 6.45) is 3.79. The van der Waals surface area contributed by atoms with Crippen LogP contribution < -0.4 is 5.84 Å². The molecule has 0 unspecified atom stereocenters. The summed E-state index contributed by atoms with van der Waals surface area (Å²) >= 11 is 0. The van der Waals surface area contributed by atoms with Crippen LogP contribution in [0.25, 0.3) is 0 Å². The second kappa shape index (κ2) is 1.99. The van der Waals surface area contributed by atoms with Gasteiger partial charge in [0.2, 0.25) is 0 Å². The minimum Gasteiger partial charge on any atom is -0.323 e. The minimum atomic E-state index is 0.496. The Bertz CT molecular complexity index is 204. The maximum Gasteiger partial charge on any atom is 0.0412 e. The lowest BCUT2D eigenvalue weighted by Crippen LogP contribution is -2.53. The molecule has 0 saturated heterocycles. The van der Waals surface area contributed by atoms with Gasteiger partial charge in [0, 0.05) is 11.6 Å². The van der Waals surface area contributed by atoms with Crippen LogP contribution in [0.3, 0.4) is 0 Å². The van der Waals surface area contributed by atoms with E-state index >= 15 is 0 Å². The SMILES string of the molecule is CC1(C)[C@H]2CCC(=NN)[C@@H]1C2. The van der Waals surface area contributed by atoms with E-state index in [9.17, 15) is 0 Å². The van der Waals surface area contributed by atoms with Crippen molar-refractivity contribution in [3.63, 3.8) is 0 Å². The van der Waals surface area contributed by atoms with Crippen LogP contribution in [-0.4, -0.2) is 5.71 Å². The quantitative estimate of drug-likeness (QED) is 0.417. The van der Waals surface area contributed by atoms with Gasteiger partial charge in [-0.25, -0.2) is 0 Å². The molecule has 3 saturated carbocycles. The molecule has 2 bridgehead atoms. The third-order valence-corrected chi connectivity index (χ3v) is 3.79. The van der Waals surface area contributed by atoms with E-state index in [2.05, 4.69) is 18.9 Å². The van der Waals surface area contributed by atoms with Crippen molar-refractivity contribution in [2.24, 2.45) is 28.2 Å². The Labute approximate surface area is 67.9 Å². The lowest BCUT2D eigenvalue weighted by atomic mass is 9.48.